The van der Waals surface area contributed by atoms with E-state index in [4.69, 9.17) is 29.8 Å². The summed E-state index contributed by atoms with van der Waals surface area (Å²) in [4.78, 5) is 47.9. The number of carboxylic acid groups (broad SMARTS) is 1. The van der Waals surface area contributed by atoms with Crippen LogP contribution in [0.5, 0.6) is 5.75 Å². The van der Waals surface area contributed by atoms with E-state index in [-0.39, 0.29) is 37.2 Å². The molecule has 0 aliphatic carbocycles. The fraction of sp³-hybridized carbons (Fsp3) is 0.417. The van der Waals surface area contributed by atoms with Crippen LogP contribution < -0.4 is 5.73 Å². The SMILES string of the molecule is C/C=C1/C(OC(=O)[C@@H](N)CCC(=O)O)OC=C(C(=O)OC)C1CC(=O)OCCc1ccc(O)cc1. The number of carbonyl (C=O) groups excluding carboxylic acids is 3. The minimum atomic E-state index is -1.27. The van der Waals surface area contributed by atoms with Crippen LogP contribution in [-0.2, 0) is 44.5 Å². The molecule has 0 spiro atoms. The Bertz CT molecular complexity index is 983. The van der Waals surface area contributed by atoms with Gasteiger partial charge in [-0.2, -0.15) is 0 Å². The molecule has 1 heterocycles. The predicted molar refractivity (Wildman–Crippen MR) is 121 cm³/mol. The molecule has 3 atom stereocenters. The number of esters is 3. The lowest BCUT2D eigenvalue weighted by atomic mass is 9.86. The maximum absolute atomic E-state index is 12.6. The number of carboxylic acids is 1. The Balaban J connectivity index is 2.07. The molecule has 1 aliphatic rings. The van der Waals surface area contributed by atoms with Gasteiger partial charge in [-0.05, 0) is 31.0 Å². The van der Waals surface area contributed by atoms with Crippen LogP contribution >= 0.6 is 0 Å². The molecule has 0 fully saturated rings. The number of carbonyl (C=O) groups is 4. The molecule has 2 rings (SSSR count). The van der Waals surface area contributed by atoms with Crippen LogP contribution in [0.25, 0.3) is 0 Å². The monoisotopic (exact) mass is 491 g/mol. The molecule has 190 valence electrons. The zero-order valence-electron chi connectivity index (χ0n) is 19.5. The Kier molecular flexibility index (Phi) is 10.3. The Hall–Kier alpha value is -3.86. The third-order valence-electron chi connectivity index (χ3n) is 5.28. The summed E-state index contributed by atoms with van der Waals surface area (Å²) < 4.78 is 20.8. The quantitative estimate of drug-likeness (QED) is 0.233. The van der Waals surface area contributed by atoms with Crippen molar-refractivity contribution in [2.24, 2.45) is 11.7 Å². The molecule has 4 N–H and O–H groups in total. The number of benzene rings is 1. The van der Waals surface area contributed by atoms with Gasteiger partial charge in [-0.1, -0.05) is 18.2 Å². The summed E-state index contributed by atoms with van der Waals surface area (Å²) in [6.07, 6.45) is 1.06. The highest BCUT2D eigenvalue weighted by Crippen LogP contribution is 2.34. The summed E-state index contributed by atoms with van der Waals surface area (Å²) in [5, 5.41) is 18.1. The number of hydrogen-bond donors (Lipinski definition) is 3. The van der Waals surface area contributed by atoms with Gasteiger partial charge in [0.1, 0.15) is 11.8 Å². The van der Waals surface area contributed by atoms with Crippen molar-refractivity contribution in [3.63, 3.8) is 0 Å². The van der Waals surface area contributed by atoms with Gasteiger partial charge in [-0.3, -0.25) is 14.4 Å². The van der Waals surface area contributed by atoms with Gasteiger partial charge in [0.25, 0.3) is 6.29 Å². The number of hydrogen-bond acceptors (Lipinski definition) is 10. The van der Waals surface area contributed by atoms with Crippen molar-refractivity contribution in [2.75, 3.05) is 13.7 Å². The number of phenolic OH excluding ortho intramolecular Hbond substituents is 1. The van der Waals surface area contributed by atoms with Crippen molar-refractivity contribution in [1.29, 1.82) is 0 Å². The smallest absolute Gasteiger partial charge is 0.337 e. The number of allylic oxidation sites excluding steroid dienone is 1. The van der Waals surface area contributed by atoms with Crippen LogP contribution in [0.2, 0.25) is 0 Å². The minimum Gasteiger partial charge on any atom is -0.508 e. The first-order chi connectivity index (χ1) is 16.7. The summed E-state index contributed by atoms with van der Waals surface area (Å²) in [6.45, 7) is 1.69. The molecule has 0 radical (unpaired) electrons. The molecule has 0 saturated heterocycles. The van der Waals surface area contributed by atoms with Crippen LogP contribution in [0, 0.1) is 5.92 Å². The van der Waals surface area contributed by atoms with E-state index in [1.54, 1.807) is 25.1 Å². The number of rotatable bonds is 11. The normalized spacial score (nSPS) is 19.2. The van der Waals surface area contributed by atoms with E-state index in [9.17, 15) is 24.3 Å². The lowest BCUT2D eigenvalue weighted by Gasteiger charge is -2.31. The zero-order chi connectivity index (χ0) is 26.0. The van der Waals surface area contributed by atoms with Crippen molar-refractivity contribution in [3.05, 3.63) is 53.3 Å². The van der Waals surface area contributed by atoms with Crippen molar-refractivity contribution in [2.45, 2.75) is 44.9 Å². The van der Waals surface area contributed by atoms with E-state index in [1.807, 2.05) is 0 Å². The van der Waals surface area contributed by atoms with Gasteiger partial charge in [0.05, 0.1) is 32.0 Å². The molecule has 11 nitrogen and oxygen atoms in total. The van der Waals surface area contributed by atoms with Gasteiger partial charge in [0.15, 0.2) is 0 Å². The van der Waals surface area contributed by atoms with Crippen molar-refractivity contribution >= 4 is 23.9 Å². The van der Waals surface area contributed by atoms with Crippen LogP contribution in [0.3, 0.4) is 0 Å². The highest BCUT2D eigenvalue weighted by atomic mass is 16.7. The van der Waals surface area contributed by atoms with Crippen LogP contribution in [0.1, 0.15) is 31.7 Å². The van der Waals surface area contributed by atoms with Crippen molar-refractivity contribution in [3.8, 4) is 5.75 Å². The van der Waals surface area contributed by atoms with Crippen LogP contribution in [0.4, 0.5) is 0 Å². The largest absolute Gasteiger partial charge is 0.508 e. The molecule has 1 aliphatic heterocycles. The molecule has 11 heteroatoms. The first-order valence-corrected chi connectivity index (χ1v) is 10.9. The predicted octanol–water partition coefficient (Wildman–Crippen LogP) is 1.58. The Labute approximate surface area is 202 Å². The average Bonchev–Trinajstić information content (AvgIpc) is 2.83. The summed E-state index contributed by atoms with van der Waals surface area (Å²) in [5.74, 6) is -4.05. The number of phenols is 1. The van der Waals surface area contributed by atoms with Gasteiger partial charge in [0, 0.05) is 24.3 Å². The van der Waals surface area contributed by atoms with Gasteiger partial charge < -0.3 is 34.9 Å². The van der Waals surface area contributed by atoms with Gasteiger partial charge in [-0.25, -0.2) is 4.79 Å². The molecular formula is C24H29NO10. The minimum absolute atomic E-state index is 0.0403. The third-order valence-corrected chi connectivity index (χ3v) is 5.28. The first kappa shape index (κ1) is 27.4. The summed E-state index contributed by atoms with van der Waals surface area (Å²) in [5.41, 5.74) is 6.91. The summed E-state index contributed by atoms with van der Waals surface area (Å²) >= 11 is 0. The Morgan fingerprint density at radius 2 is 1.89 bits per heavy atom. The number of nitrogens with two attached hydrogens (primary N) is 1. The number of aliphatic carboxylic acids is 1. The molecule has 0 aromatic heterocycles. The molecule has 1 aromatic rings. The van der Waals surface area contributed by atoms with E-state index in [2.05, 4.69) is 0 Å². The first-order valence-electron chi connectivity index (χ1n) is 10.9. The summed E-state index contributed by atoms with van der Waals surface area (Å²) in [6, 6.07) is 5.28. The molecule has 2 unspecified atom stereocenters. The maximum atomic E-state index is 12.6. The lowest BCUT2D eigenvalue weighted by molar-refractivity contribution is -0.167. The molecule has 35 heavy (non-hydrogen) atoms. The van der Waals surface area contributed by atoms with Crippen LogP contribution in [0.15, 0.2) is 47.7 Å². The topological polar surface area (TPSA) is 172 Å². The zero-order valence-corrected chi connectivity index (χ0v) is 19.5. The van der Waals surface area contributed by atoms with Crippen molar-refractivity contribution < 1.29 is 48.3 Å². The van der Waals surface area contributed by atoms with Gasteiger partial charge >= 0.3 is 23.9 Å². The fourth-order valence-corrected chi connectivity index (χ4v) is 3.37. The average molecular weight is 491 g/mol. The lowest BCUT2D eigenvalue weighted by Crippen LogP contribution is -2.39. The molecule has 0 saturated carbocycles. The second kappa shape index (κ2) is 13.1. The van der Waals surface area contributed by atoms with Crippen molar-refractivity contribution in [1.82, 2.24) is 0 Å². The Morgan fingerprint density at radius 3 is 2.49 bits per heavy atom. The molecule has 1 aromatic carbocycles. The second-order valence-electron chi connectivity index (χ2n) is 7.69. The molecule has 0 bridgehead atoms. The summed E-state index contributed by atoms with van der Waals surface area (Å²) in [7, 11) is 1.18. The van der Waals surface area contributed by atoms with E-state index < -0.39 is 42.1 Å². The maximum Gasteiger partial charge on any atom is 0.337 e. The van der Waals surface area contributed by atoms with Gasteiger partial charge in [0.2, 0.25) is 0 Å². The number of ether oxygens (including phenoxy) is 4. The van der Waals surface area contributed by atoms with E-state index in [0.717, 1.165) is 11.8 Å². The standard InChI is InChI=1S/C24H29NO10/c1-3-16-17(12-21(29)33-11-10-14-4-6-15(26)7-5-14)18(22(30)32-2)13-34-24(16)35-23(31)19(25)8-9-20(27)28/h3-7,13,17,19,24,26H,8-12,25H2,1-2H3,(H,27,28)/b16-3+/t17?,19-,24?/m0/s1. The highest BCUT2D eigenvalue weighted by molar-refractivity contribution is 5.91. The highest BCUT2D eigenvalue weighted by Gasteiger charge is 2.38. The number of aromatic hydroxyl groups is 1. The van der Waals surface area contributed by atoms with E-state index in [1.165, 1.54) is 19.2 Å². The Morgan fingerprint density at radius 1 is 1.20 bits per heavy atom. The third kappa shape index (κ3) is 8.14. The van der Waals surface area contributed by atoms with Gasteiger partial charge in [-0.15, -0.1) is 0 Å². The second-order valence-corrected chi connectivity index (χ2v) is 7.69. The number of methoxy groups -OCH3 is 1. The molecule has 0 amide bonds. The fourth-order valence-electron chi connectivity index (χ4n) is 3.37. The molecular weight excluding hydrogens is 462 g/mol. The van der Waals surface area contributed by atoms with E-state index in [0.29, 0.717) is 12.0 Å². The van der Waals surface area contributed by atoms with E-state index >= 15 is 0 Å². The van der Waals surface area contributed by atoms with Crippen LogP contribution in [-0.4, -0.2) is 60.1 Å².